The second-order valence-electron chi connectivity index (χ2n) is 3.70. The highest BCUT2D eigenvalue weighted by molar-refractivity contribution is 7.80. The van der Waals surface area contributed by atoms with E-state index >= 15 is 0 Å². The number of aliphatic hydroxyl groups excluding tert-OH is 1. The van der Waals surface area contributed by atoms with Crippen LogP contribution < -0.4 is 0 Å². The smallest absolute Gasteiger partial charge is 0.0552 e. The van der Waals surface area contributed by atoms with Crippen LogP contribution in [0.25, 0.3) is 0 Å². The van der Waals surface area contributed by atoms with E-state index in [1.807, 2.05) is 6.92 Å². The minimum absolute atomic E-state index is 0.154. The SMILES string of the molecule is CC(O)C1CCN(C/C=C/CS)C1. The first-order valence-electron chi connectivity index (χ1n) is 4.90. The Bertz CT molecular complexity index is 170. The van der Waals surface area contributed by atoms with Crippen molar-refractivity contribution in [2.75, 3.05) is 25.4 Å². The highest BCUT2D eigenvalue weighted by Crippen LogP contribution is 2.18. The van der Waals surface area contributed by atoms with Gasteiger partial charge >= 0.3 is 0 Å². The van der Waals surface area contributed by atoms with Gasteiger partial charge in [0.05, 0.1) is 6.10 Å². The highest BCUT2D eigenvalue weighted by Gasteiger charge is 2.24. The highest BCUT2D eigenvalue weighted by atomic mass is 32.1. The summed E-state index contributed by atoms with van der Waals surface area (Å²) in [6.45, 7) is 5.04. The molecule has 1 aliphatic heterocycles. The summed E-state index contributed by atoms with van der Waals surface area (Å²) >= 11 is 4.10. The third kappa shape index (κ3) is 3.71. The second-order valence-corrected chi connectivity index (χ2v) is 4.07. The van der Waals surface area contributed by atoms with E-state index in [2.05, 4.69) is 29.7 Å². The predicted molar refractivity (Wildman–Crippen MR) is 59.2 cm³/mol. The topological polar surface area (TPSA) is 23.5 Å². The fourth-order valence-electron chi connectivity index (χ4n) is 1.72. The molecule has 76 valence electrons. The molecule has 1 rings (SSSR count). The summed E-state index contributed by atoms with van der Waals surface area (Å²) in [4.78, 5) is 2.37. The molecular formula is C10H19NOS. The number of hydrogen-bond acceptors (Lipinski definition) is 3. The zero-order chi connectivity index (χ0) is 9.68. The van der Waals surface area contributed by atoms with Gasteiger partial charge in [0.25, 0.3) is 0 Å². The van der Waals surface area contributed by atoms with Crippen molar-refractivity contribution in [1.29, 1.82) is 0 Å². The van der Waals surface area contributed by atoms with E-state index in [-0.39, 0.29) is 6.10 Å². The average molecular weight is 201 g/mol. The van der Waals surface area contributed by atoms with Crippen molar-refractivity contribution < 1.29 is 5.11 Å². The summed E-state index contributed by atoms with van der Waals surface area (Å²) in [5.74, 6) is 1.29. The third-order valence-electron chi connectivity index (χ3n) is 2.63. The van der Waals surface area contributed by atoms with Crippen molar-refractivity contribution in [2.24, 2.45) is 5.92 Å². The van der Waals surface area contributed by atoms with Crippen LogP contribution >= 0.6 is 12.6 Å². The molecule has 1 saturated heterocycles. The molecule has 2 unspecified atom stereocenters. The van der Waals surface area contributed by atoms with Gasteiger partial charge in [-0.1, -0.05) is 12.2 Å². The minimum atomic E-state index is -0.154. The van der Waals surface area contributed by atoms with Gasteiger partial charge in [-0.3, -0.25) is 4.90 Å². The van der Waals surface area contributed by atoms with Crippen LogP contribution in [0.1, 0.15) is 13.3 Å². The predicted octanol–water partition coefficient (Wildman–Crippen LogP) is 1.18. The van der Waals surface area contributed by atoms with E-state index in [1.54, 1.807) is 0 Å². The molecule has 1 fully saturated rings. The van der Waals surface area contributed by atoms with Crippen LogP contribution in [0.5, 0.6) is 0 Å². The molecule has 2 atom stereocenters. The molecule has 13 heavy (non-hydrogen) atoms. The molecule has 0 amide bonds. The summed E-state index contributed by atoms with van der Waals surface area (Å²) in [5.41, 5.74) is 0. The fraction of sp³-hybridized carbons (Fsp3) is 0.800. The van der Waals surface area contributed by atoms with Crippen LogP contribution in [0.2, 0.25) is 0 Å². The van der Waals surface area contributed by atoms with Crippen molar-refractivity contribution in [3.63, 3.8) is 0 Å². The Kier molecular flexibility index (Phi) is 4.84. The van der Waals surface area contributed by atoms with E-state index in [0.717, 1.165) is 31.8 Å². The molecule has 0 aromatic carbocycles. The lowest BCUT2D eigenvalue weighted by molar-refractivity contribution is 0.129. The lowest BCUT2D eigenvalue weighted by Gasteiger charge is -2.15. The van der Waals surface area contributed by atoms with Gasteiger partial charge in [-0.05, 0) is 25.8 Å². The maximum Gasteiger partial charge on any atom is 0.0552 e. The van der Waals surface area contributed by atoms with Crippen molar-refractivity contribution in [3.05, 3.63) is 12.2 Å². The standard InChI is InChI=1S/C10H19NOS/c1-9(12)10-4-6-11(8-10)5-2-3-7-13/h2-3,9-10,12-13H,4-8H2,1H3/b3-2+. The number of likely N-dealkylation sites (tertiary alicyclic amines) is 1. The van der Waals surface area contributed by atoms with Crippen LogP contribution in [-0.4, -0.2) is 41.5 Å². The lowest BCUT2D eigenvalue weighted by Crippen LogP contribution is -2.24. The minimum Gasteiger partial charge on any atom is -0.393 e. The first kappa shape index (κ1) is 11.1. The van der Waals surface area contributed by atoms with Crippen LogP contribution in [-0.2, 0) is 0 Å². The first-order chi connectivity index (χ1) is 6.24. The molecule has 0 aromatic heterocycles. The third-order valence-corrected chi connectivity index (χ3v) is 2.84. The molecule has 0 saturated carbocycles. The summed E-state index contributed by atoms with van der Waals surface area (Å²) in [6, 6.07) is 0. The summed E-state index contributed by atoms with van der Waals surface area (Å²) in [5, 5.41) is 9.38. The largest absolute Gasteiger partial charge is 0.393 e. The molecule has 0 bridgehead atoms. The molecular weight excluding hydrogens is 182 g/mol. The molecule has 2 nitrogen and oxygen atoms in total. The lowest BCUT2D eigenvalue weighted by atomic mass is 10.0. The number of hydrogen-bond donors (Lipinski definition) is 2. The quantitative estimate of drug-likeness (QED) is 0.527. The average Bonchev–Trinajstić information content (AvgIpc) is 2.53. The van der Waals surface area contributed by atoms with Crippen molar-refractivity contribution in [2.45, 2.75) is 19.4 Å². The van der Waals surface area contributed by atoms with Crippen molar-refractivity contribution in [1.82, 2.24) is 4.90 Å². The molecule has 3 heteroatoms. The van der Waals surface area contributed by atoms with Gasteiger partial charge in [0, 0.05) is 18.8 Å². The van der Waals surface area contributed by atoms with Crippen LogP contribution in [0, 0.1) is 5.92 Å². The maximum absolute atomic E-state index is 9.38. The Hall–Kier alpha value is 0.01000. The fourth-order valence-corrected chi connectivity index (χ4v) is 1.87. The molecule has 1 aliphatic rings. The Labute approximate surface area is 86.0 Å². The van der Waals surface area contributed by atoms with Gasteiger partial charge in [-0.15, -0.1) is 0 Å². The summed E-state index contributed by atoms with van der Waals surface area (Å²) in [6.07, 6.45) is 5.20. The Morgan fingerprint density at radius 3 is 2.92 bits per heavy atom. The van der Waals surface area contributed by atoms with E-state index in [1.165, 1.54) is 0 Å². The van der Waals surface area contributed by atoms with E-state index < -0.39 is 0 Å². The van der Waals surface area contributed by atoms with Crippen molar-refractivity contribution >= 4 is 12.6 Å². The van der Waals surface area contributed by atoms with Gasteiger partial charge in [0.1, 0.15) is 0 Å². The molecule has 0 aromatic rings. The van der Waals surface area contributed by atoms with Crippen molar-refractivity contribution in [3.8, 4) is 0 Å². The van der Waals surface area contributed by atoms with E-state index in [0.29, 0.717) is 5.92 Å². The normalized spacial score (nSPS) is 27.2. The van der Waals surface area contributed by atoms with Gasteiger partial charge < -0.3 is 5.11 Å². The summed E-state index contributed by atoms with van der Waals surface area (Å²) in [7, 11) is 0. The van der Waals surface area contributed by atoms with Crippen LogP contribution in [0.15, 0.2) is 12.2 Å². The van der Waals surface area contributed by atoms with E-state index in [4.69, 9.17) is 0 Å². The van der Waals surface area contributed by atoms with Gasteiger partial charge in [-0.25, -0.2) is 0 Å². The maximum atomic E-state index is 9.38. The number of thiol groups is 1. The number of nitrogens with zero attached hydrogens (tertiary/aromatic N) is 1. The molecule has 1 heterocycles. The Balaban J connectivity index is 2.21. The Morgan fingerprint density at radius 2 is 2.38 bits per heavy atom. The molecule has 0 aliphatic carbocycles. The second kappa shape index (κ2) is 5.68. The number of aliphatic hydroxyl groups is 1. The Morgan fingerprint density at radius 1 is 1.62 bits per heavy atom. The van der Waals surface area contributed by atoms with Gasteiger partial charge in [-0.2, -0.15) is 12.6 Å². The van der Waals surface area contributed by atoms with Gasteiger partial charge in [0.2, 0.25) is 0 Å². The zero-order valence-electron chi connectivity index (χ0n) is 8.19. The van der Waals surface area contributed by atoms with Gasteiger partial charge in [0.15, 0.2) is 0 Å². The van der Waals surface area contributed by atoms with E-state index in [9.17, 15) is 5.11 Å². The molecule has 0 radical (unpaired) electrons. The van der Waals surface area contributed by atoms with Crippen LogP contribution in [0.3, 0.4) is 0 Å². The molecule has 0 spiro atoms. The number of rotatable bonds is 4. The molecule has 1 N–H and O–H groups in total. The van der Waals surface area contributed by atoms with Crippen LogP contribution in [0.4, 0.5) is 0 Å². The first-order valence-corrected chi connectivity index (χ1v) is 5.53. The monoisotopic (exact) mass is 201 g/mol. The summed E-state index contributed by atoms with van der Waals surface area (Å²) < 4.78 is 0. The zero-order valence-corrected chi connectivity index (χ0v) is 9.08.